The number of hydrogen-bond donors (Lipinski definition) is 0. The molecule has 3 heterocycles. The van der Waals surface area contributed by atoms with Crippen LogP contribution in [-0.4, -0.2) is 36.6 Å². The molecule has 2 aromatic rings. The Morgan fingerprint density at radius 1 is 1.42 bits per heavy atom. The first-order chi connectivity index (χ1) is 11.3. The molecule has 0 N–H and O–H groups in total. The van der Waals surface area contributed by atoms with Gasteiger partial charge in [-0.1, -0.05) is 20.8 Å². The number of carbonyl (C=O) groups excluding carboxylic acids is 1. The fourth-order valence-corrected chi connectivity index (χ4v) is 2.75. The first kappa shape index (κ1) is 16.3. The first-order valence-corrected chi connectivity index (χ1v) is 7.57. The van der Waals surface area contributed by atoms with Crippen molar-refractivity contribution in [2.75, 3.05) is 0 Å². The van der Waals surface area contributed by atoms with Crippen LogP contribution in [0.5, 0.6) is 0 Å². The Balaban J connectivity index is 1.93. The van der Waals surface area contributed by atoms with Crippen molar-refractivity contribution in [3.05, 3.63) is 35.4 Å². The quantitative estimate of drug-likeness (QED) is 0.769. The summed E-state index contributed by atoms with van der Waals surface area (Å²) >= 11 is 0. The van der Waals surface area contributed by atoms with Crippen LogP contribution in [-0.2, 0) is 14.3 Å². The predicted octanol–water partition coefficient (Wildman–Crippen LogP) is 0.904. The lowest BCUT2D eigenvalue weighted by molar-refractivity contribution is -0.184. The lowest BCUT2D eigenvalue weighted by Crippen LogP contribution is -2.35. The Labute approximate surface area is 138 Å². The first-order valence-electron chi connectivity index (χ1n) is 7.57. The molecule has 0 aliphatic carbocycles. The van der Waals surface area contributed by atoms with Crippen molar-refractivity contribution >= 4 is 5.97 Å². The van der Waals surface area contributed by atoms with E-state index in [0.29, 0.717) is 5.82 Å². The zero-order valence-corrected chi connectivity index (χ0v) is 13.9. The maximum atomic E-state index is 12.4. The summed E-state index contributed by atoms with van der Waals surface area (Å²) in [5, 5.41) is 3.95. The van der Waals surface area contributed by atoms with Crippen LogP contribution in [0.25, 0.3) is 5.82 Å². The minimum Gasteiger partial charge on any atom is -0.436 e. The molecule has 0 radical (unpaired) electrons. The highest BCUT2D eigenvalue weighted by molar-refractivity contribution is 5.66. The van der Waals surface area contributed by atoms with E-state index in [1.807, 2.05) is 20.8 Å². The fraction of sp³-hybridized carbons (Fsp3) is 0.533. The van der Waals surface area contributed by atoms with E-state index in [1.54, 1.807) is 12.3 Å². The molecule has 0 bridgehead atoms. The summed E-state index contributed by atoms with van der Waals surface area (Å²) in [4.78, 5) is 31.5. The van der Waals surface area contributed by atoms with Crippen molar-refractivity contribution in [3.63, 3.8) is 0 Å². The van der Waals surface area contributed by atoms with E-state index in [1.165, 1.54) is 28.8 Å². The molecule has 3 atom stereocenters. The van der Waals surface area contributed by atoms with Crippen LogP contribution in [0.3, 0.4) is 0 Å². The zero-order valence-electron chi connectivity index (χ0n) is 13.9. The van der Waals surface area contributed by atoms with Gasteiger partial charge in [0.1, 0.15) is 18.9 Å². The van der Waals surface area contributed by atoms with Crippen molar-refractivity contribution in [1.29, 1.82) is 0 Å². The minimum absolute atomic E-state index is 0.0895. The van der Waals surface area contributed by atoms with E-state index in [0.717, 1.165) is 0 Å². The molecule has 0 saturated carbocycles. The molecule has 1 saturated heterocycles. The maximum Gasteiger partial charge on any atom is 0.351 e. The van der Waals surface area contributed by atoms with Gasteiger partial charge in [-0.3, -0.25) is 9.36 Å². The highest BCUT2D eigenvalue weighted by Crippen LogP contribution is 2.48. The van der Waals surface area contributed by atoms with Gasteiger partial charge < -0.3 is 9.47 Å². The van der Waals surface area contributed by atoms with Gasteiger partial charge >= 0.3 is 11.7 Å². The number of rotatable bonds is 3. The predicted molar refractivity (Wildman–Crippen MR) is 82.0 cm³/mol. The van der Waals surface area contributed by atoms with Crippen molar-refractivity contribution in [1.82, 2.24) is 24.3 Å². The second kappa shape index (κ2) is 5.82. The number of hydrogen-bond acceptors (Lipinski definition) is 7. The van der Waals surface area contributed by atoms with E-state index < -0.39 is 29.6 Å². The molecule has 0 aromatic carbocycles. The molecular weight excluding hydrogens is 314 g/mol. The summed E-state index contributed by atoms with van der Waals surface area (Å²) in [6.45, 7) is 7.18. The third kappa shape index (κ3) is 2.71. The van der Waals surface area contributed by atoms with Crippen LogP contribution in [0.1, 0.15) is 33.9 Å². The van der Waals surface area contributed by atoms with E-state index in [9.17, 15) is 9.59 Å². The number of carbonyl (C=O) groups is 1. The topological polar surface area (TPSA) is 101 Å². The lowest BCUT2D eigenvalue weighted by atomic mass is 9.80. The van der Waals surface area contributed by atoms with Crippen LogP contribution in [0.2, 0.25) is 0 Å². The highest BCUT2D eigenvalue weighted by atomic mass is 16.7. The van der Waals surface area contributed by atoms with Gasteiger partial charge in [-0.25, -0.2) is 14.5 Å². The van der Waals surface area contributed by atoms with Gasteiger partial charge in [0.2, 0.25) is 6.29 Å². The van der Waals surface area contributed by atoms with Crippen LogP contribution in [0, 0.1) is 11.3 Å². The van der Waals surface area contributed by atoms with Gasteiger partial charge in [0, 0.05) is 24.5 Å². The average molecular weight is 333 g/mol. The number of nitrogens with zero attached hydrogens (tertiary/aromatic N) is 5. The van der Waals surface area contributed by atoms with Crippen LogP contribution < -0.4 is 5.69 Å². The number of aromatic nitrogens is 5. The van der Waals surface area contributed by atoms with Gasteiger partial charge in [-0.2, -0.15) is 10.1 Å². The molecule has 2 aromatic heterocycles. The monoisotopic (exact) mass is 333 g/mol. The molecular formula is C15H19N5O4. The van der Waals surface area contributed by atoms with Gasteiger partial charge in [-0.05, 0) is 6.07 Å². The zero-order chi connectivity index (χ0) is 17.5. The molecule has 0 spiro atoms. The Morgan fingerprint density at radius 2 is 2.17 bits per heavy atom. The molecule has 9 heteroatoms. The molecule has 1 aliphatic rings. The molecule has 3 rings (SSSR count). The number of esters is 1. The van der Waals surface area contributed by atoms with E-state index in [-0.39, 0.29) is 5.92 Å². The summed E-state index contributed by atoms with van der Waals surface area (Å²) < 4.78 is 13.9. The fourth-order valence-electron chi connectivity index (χ4n) is 2.75. The minimum atomic E-state index is -0.704. The second-order valence-corrected chi connectivity index (χ2v) is 6.39. The van der Waals surface area contributed by atoms with E-state index >= 15 is 0 Å². The van der Waals surface area contributed by atoms with Crippen molar-refractivity contribution in [2.24, 2.45) is 11.3 Å². The Morgan fingerprint density at radius 3 is 2.75 bits per heavy atom. The summed E-state index contributed by atoms with van der Waals surface area (Å²) in [5.41, 5.74) is -0.905. The van der Waals surface area contributed by atoms with E-state index in [2.05, 4.69) is 15.1 Å². The summed E-state index contributed by atoms with van der Waals surface area (Å²) in [7, 11) is 0. The molecule has 128 valence electrons. The summed E-state index contributed by atoms with van der Waals surface area (Å²) in [6, 6.07) is 1.65. The normalized spacial score (nSPS) is 25.6. The molecule has 0 amide bonds. The largest absolute Gasteiger partial charge is 0.436 e. The maximum absolute atomic E-state index is 12.4. The van der Waals surface area contributed by atoms with Gasteiger partial charge in [0.25, 0.3) is 0 Å². The third-order valence-corrected chi connectivity index (χ3v) is 4.48. The lowest BCUT2D eigenvalue weighted by Gasteiger charge is -2.29. The molecule has 9 nitrogen and oxygen atoms in total. The molecule has 1 fully saturated rings. The third-order valence-electron chi connectivity index (χ3n) is 4.48. The SMILES string of the molecule is CC(=O)O[C@H]1O[C@@H](n2ccc(-n3cncn3)nc2=O)C(C)(C)[C@@H]1C. The average Bonchev–Trinajstić information content (AvgIpc) is 3.10. The number of ether oxygens (including phenoxy) is 2. The van der Waals surface area contributed by atoms with Crippen LogP contribution in [0.15, 0.2) is 29.7 Å². The highest BCUT2D eigenvalue weighted by Gasteiger charge is 2.51. The second-order valence-electron chi connectivity index (χ2n) is 6.39. The van der Waals surface area contributed by atoms with Crippen LogP contribution in [0.4, 0.5) is 0 Å². The van der Waals surface area contributed by atoms with Crippen molar-refractivity contribution in [3.8, 4) is 5.82 Å². The van der Waals surface area contributed by atoms with Gasteiger partial charge in [0.15, 0.2) is 5.82 Å². The van der Waals surface area contributed by atoms with Crippen molar-refractivity contribution in [2.45, 2.75) is 40.2 Å². The molecule has 24 heavy (non-hydrogen) atoms. The van der Waals surface area contributed by atoms with E-state index in [4.69, 9.17) is 9.47 Å². The summed E-state index contributed by atoms with van der Waals surface area (Å²) in [6.07, 6.45) is 3.12. The van der Waals surface area contributed by atoms with Gasteiger partial charge in [-0.15, -0.1) is 0 Å². The molecule has 1 aliphatic heterocycles. The Kier molecular flexibility index (Phi) is 3.96. The smallest absolute Gasteiger partial charge is 0.351 e. The molecule has 0 unspecified atom stereocenters. The standard InChI is InChI=1S/C15H19N5O4/c1-9-12(23-10(2)21)24-13(15(9,3)4)19-6-5-11(18-14(19)22)20-8-16-7-17-20/h5-9,12-13H,1-4H3/t9-,12+,13-/m1/s1. The Hall–Kier alpha value is -2.55. The van der Waals surface area contributed by atoms with Crippen LogP contribution >= 0.6 is 0 Å². The van der Waals surface area contributed by atoms with Crippen molar-refractivity contribution < 1.29 is 14.3 Å². The Bertz CT molecular complexity index is 798. The summed E-state index contributed by atoms with van der Waals surface area (Å²) in [5.74, 6) is -0.141. The van der Waals surface area contributed by atoms with Gasteiger partial charge in [0.05, 0.1) is 0 Å².